The fourth-order valence-corrected chi connectivity index (χ4v) is 3.19. The Hall–Kier alpha value is -2.27. The van der Waals surface area contributed by atoms with Crippen molar-refractivity contribution in [3.63, 3.8) is 0 Å². The Morgan fingerprint density at radius 3 is 2.76 bits per heavy atom. The molecule has 0 aliphatic carbocycles. The van der Waals surface area contributed by atoms with Crippen LogP contribution in [0, 0.1) is 11.7 Å². The molecule has 0 radical (unpaired) electrons. The largest absolute Gasteiger partial charge is 0.338 e. The van der Waals surface area contributed by atoms with E-state index >= 15 is 0 Å². The zero-order valence-electron chi connectivity index (χ0n) is 14.3. The van der Waals surface area contributed by atoms with E-state index < -0.39 is 0 Å². The van der Waals surface area contributed by atoms with E-state index in [-0.39, 0.29) is 17.6 Å². The van der Waals surface area contributed by atoms with Gasteiger partial charge in [-0.25, -0.2) is 4.39 Å². The van der Waals surface area contributed by atoms with Gasteiger partial charge in [0.15, 0.2) is 0 Å². The van der Waals surface area contributed by atoms with Crippen LogP contribution in [0.5, 0.6) is 0 Å². The maximum absolute atomic E-state index is 13.1. The highest BCUT2D eigenvalue weighted by Crippen LogP contribution is 2.16. The van der Waals surface area contributed by atoms with Gasteiger partial charge in [-0.05, 0) is 49.2 Å². The van der Waals surface area contributed by atoms with E-state index in [0.717, 1.165) is 37.2 Å². The molecule has 4 nitrogen and oxygen atoms in total. The molecule has 1 fully saturated rings. The molecule has 1 amide bonds. The van der Waals surface area contributed by atoms with Crippen LogP contribution in [0.4, 0.5) is 4.39 Å². The highest BCUT2D eigenvalue weighted by Gasteiger charge is 2.26. The van der Waals surface area contributed by atoms with Gasteiger partial charge < -0.3 is 10.2 Å². The topological polar surface area (TPSA) is 45.2 Å². The second-order valence-corrected chi connectivity index (χ2v) is 6.50. The van der Waals surface area contributed by atoms with Crippen molar-refractivity contribution in [3.05, 3.63) is 65.7 Å². The Kier molecular flexibility index (Phi) is 6.12. The first-order valence-corrected chi connectivity index (χ1v) is 8.86. The van der Waals surface area contributed by atoms with E-state index in [4.69, 9.17) is 0 Å². The Morgan fingerprint density at radius 2 is 2.08 bits per heavy atom. The second-order valence-electron chi connectivity index (χ2n) is 6.50. The van der Waals surface area contributed by atoms with Gasteiger partial charge in [0, 0.05) is 37.9 Å². The summed E-state index contributed by atoms with van der Waals surface area (Å²) >= 11 is 0. The number of nitrogens with zero attached hydrogens (tertiary/aromatic N) is 2. The number of halogens is 1. The number of hydrogen-bond acceptors (Lipinski definition) is 3. The van der Waals surface area contributed by atoms with Crippen molar-refractivity contribution >= 4 is 5.91 Å². The van der Waals surface area contributed by atoms with E-state index in [0.29, 0.717) is 19.5 Å². The van der Waals surface area contributed by atoms with Crippen LogP contribution in [0.25, 0.3) is 0 Å². The molecule has 1 aliphatic rings. The molecule has 0 saturated carbocycles. The van der Waals surface area contributed by atoms with Gasteiger partial charge in [-0.3, -0.25) is 9.78 Å². The van der Waals surface area contributed by atoms with Crippen LogP contribution >= 0.6 is 0 Å². The average Bonchev–Trinajstić information content (AvgIpc) is 2.67. The summed E-state index contributed by atoms with van der Waals surface area (Å²) in [7, 11) is 0. The Labute approximate surface area is 148 Å². The summed E-state index contributed by atoms with van der Waals surface area (Å²) in [5.41, 5.74) is 1.92. The first-order chi connectivity index (χ1) is 12.2. The summed E-state index contributed by atoms with van der Waals surface area (Å²) in [6.45, 7) is 2.84. The summed E-state index contributed by atoms with van der Waals surface area (Å²) in [6, 6.07) is 12.2. The molecule has 0 spiro atoms. The first-order valence-electron chi connectivity index (χ1n) is 8.86. The van der Waals surface area contributed by atoms with Crippen molar-refractivity contribution in [2.75, 3.05) is 19.6 Å². The molecule has 132 valence electrons. The van der Waals surface area contributed by atoms with E-state index in [1.54, 1.807) is 18.3 Å². The Morgan fingerprint density at radius 1 is 1.24 bits per heavy atom. The number of piperidine rings is 1. The SMILES string of the molecule is O=C([C@H]1CCCNC1)N(CCc1ccccn1)Cc1ccc(F)cc1. The van der Waals surface area contributed by atoms with Crippen LogP contribution < -0.4 is 5.32 Å². The molecule has 0 unspecified atom stereocenters. The fraction of sp³-hybridized carbons (Fsp3) is 0.400. The van der Waals surface area contributed by atoms with Crippen LogP contribution in [0.3, 0.4) is 0 Å². The number of benzene rings is 1. The van der Waals surface area contributed by atoms with Gasteiger partial charge in [-0.1, -0.05) is 18.2 Å². The lowest BCUT2D eigenvalue weighted by Gasteiger charge is -2.30. The Bertz CT molecular complexity index is 669. The lowest BCUT2D eigenvalue weighted by molar-refractivity contribution is -0.136. The standard InChI is InChI=1S/C20H24FN3O/c21-18-8-6-16(7-9-18)15-24(13-10-19-5-1-2-12-23-19)20(25)17-4-3-11-22-14-17/h1-2,5-9,12,17,22H,3-4,10-11,13-15H2/t17-/m0/s1. The maximum Gasteiger partial charge on any atom is 0.227 e. The Balaban J connectivity index is 1.69. The molecule has 1 saturated heterocycles. The van der Waals surface area contributed by atoms with Gasteiger partial charge in [0.1, 0.15) is 5.82 Å². The number of carbonyl (C=O) groups excluding carboxylic acids is 1. The molecular formula is C20H24FN3O. The molecule has 2 heterocycles. The second kappa shape index (κ2) is 8.72. The van der Waals surface area contributed by atoms with Gasteiger partial charge in [-0.2, -0.15) is 0 Å². The van der Waals surface area contributed by atoms with Crippen molar-refractivity contribution in [2.24, 2.45) is 5.92 Å². The number of aromatic nitrogens is 1. The minimum atomic E-state index is -0.258. The van der Waals surface area contributed by atoms with Gasteiger partial charge in [-0.15, -0.1) is 0 Å². The van der Waals surface area contributed by atoms with Crippen molar-refractivity contribution in [3.8, 4) is 0 Å². The van der Waals surface area contributed by atoms with Crippen LogP contribution in [0.2, 0.25) is 0 Å². The minimum absolute atomic E-state index is 0.0259. The van der Waals surface area contributed by atoms with Crippen molar-refractivity contribution in [2.45, 2.75) is 25.8 Å². The number of amides is 1. The van der Waals surface area contributed by atoms with Crippen molar-refractivity contribution < 1.29 is 9.18 Å². The van der Waals surface area contributed by atoms with Crippen LogP contribution in [0.15, 0.2) is 48.7 Å². The predicted molar refractivity (Wildman–Crippen MR) is 95.4 cm³/mol. The molecule has 1 atom stereocenters. The molecule has 0 bridgehead atoms. The number of nitrogens with one attached hydrogen (secondary N) is 1. The van der Waals surface area contributed by atoms with E-state index in [1.807, 2.05) is 23.1 Å². The molecule has 3 rings (SSSR count). The van der Waals surface area contributed by atoms with Crippen molar-refractivity contribution in [1.82, 2.24) is 15.2 Å². The number of hydrogen-bond donors (Lipinski definition) is 1. The van der Waals surface area contributed by atoms with Gasteiger partial charge in [0.25, 0.3) is 0 Å². The molecule has 2 aromatic rings. The highest BCUT2D eigenvalue weighted by molar-refractivity contribution is 5.79. The first kappa shape index (κ1) is 17.5. The summed E-state index contributed by atoms with van der Waals surface area (Å²) in [5.74, 6) is -0.0584. The van der Waals surface area contributed by atoms with Crippen LogP contribution in [-0.2, 0) is 17.8 Å². The van der Waals surface area contributed by atoms with E-state index in [1.165, 1.54) is 12.1 Å². The molecule has 1 aromatic carbocycles. The van der Waals surface area contributed by atoms with Gasteiger partial charge in [0.2, 0.25) is 5.91 Å². The van der Waals surface area contributed by atoms with Crippen LogP contribution in [-0.4, -0.2) is 35.4 Å². The summed E-state index contributed by atoms with van der Waals surface area (Å²) in [6.07, 6.45) is 4.44. The average molecular weight is 341 g/mol. The zero-order chi connectivity index (χ0) is 17.5. The summed E-state index contributed by atoms with van der Waals surface area (Å²) in [5, 5.41) is 3.31. The van der Waals surface area contributed by atoms with Gasteiger partial charge in [0.05, 0.1) is 5.92 Å². The van der Waals surface area contributed by atoms with E-state index in [2.05, 4.69) is 10.3 Å². The molecule has 5 heteroatoms. The molecular weight excluding hydrogens is 317 g/mol. The third-order valence-corrected chi connectivity index (χ3v) is 4.61. The normalized spacial score (nSPS) is 17.2. The van der Waals surface area contributed by atoms with E-state index in [9.17, 15) is 9.18 Å². The fourth-order valence-electron chi connectivity index (χ4n) is 3.19. The van der Waals surface area contributed by atoms with Crippen molar-refractivity contribution in [1.29, 1.82) is 0 Å². The molecule has 1 aromatic heterocycles. The quantitative estimate of drug-likeness (QED) is 0.879. The van der Waals surface area contributed by atoms with Gasteiger partial charge >= 0.3 is 0 Å². The summed E-state index contributed by atoms with van der Waals surface area (Å²) in [4.78, 5) is 19.2. The lowest BCUT2D eigenvalue weighted by Crippen LogP contribution is -2.43. The number of pyridine rings is 1. The molecule has 1 N–H and O–H groups in total. The third-order valence-electron chi connectivity index (χ3n) is 4.61. The number of carbonyl (C=O) groups is 1. The smallest absolute Gasteiger partial charge is 0.227 e. The molecule has 1 aliphatic heterocycles. The third kappa shape index (κ3) is 5.10. The zero-order valence-corrected chi connectivity index (χ0v) is 14.3. The highest BCUT2D eigenvalue weighted by atomic mass is 19.1. The molecule has 25 heavy (non-hydrogen) atoms. The maximum atomic E-state index is 13.1. The minimum Gasteiger partial charge on any atom is -0.338 e. The predicted octanol–water partition coefficient (Wildman–Crippen LogP) is 2.79. The lowest BCUT2D eigenvalue weighted by atomic mass is 9.97. The summed E-state index contributed by atoms with van der Waals surface area (Å²) < 4.78 is 13.1. The number of rotatable bonds is 6. The monoisotopic (exact) mass is 341 g/mol. The van der Waals surface area contributed by atoms with Crippen LogP contribution in [0.1, 0.15) is 24.1 Å².